The van der Waals surface area contributed by atoms with Crippen LogP contribution in [0, 0.1) is 17.5 Å². The van der Waals surface area contributed by atoms with Crippen LogP contribution in [0.15, 0.2) is 36.4 Å². The fourth-order valence-corrected chi connectivity index (χ4v) is 2.18. The summed E-state index contributed by atoms with van der Waals surface area (Å²) in [5.74, 6) is -2.41. The summed E-state index contributed by atoms with van der Waals surface area (Å²) in [6.45, 7) is 0. The molecule has 0 saturated heterocycles. The Kier molecular flexibility index (Phi) is 4.12. The van der Waals surface area contributed by atoms with E-state index >= 15 is 0 Å². The van der Waals surface area contributed by atoms with Gasteiger partial charge in [0.1, 0.15) is 5.82 Å². The van der Waals surface area contributed by atoms with E-state index in [4.69, 9.17) is 11.6 Å². The van der Waals surface area contributed by atoms with Gasteiger partial charge in [-0.1, -0.05) is 23.7 Å². The van der Waals surface area contributed by atoms with E-state index in [9.17, 15) is 13.2 Å². The lowest BCUT2D eigenvalue weighted by Gasteiger charge is -2.19. The molecule has 1 atom stereocenters. The number of benzene rings is 2. The molecule has 100 valence electrons. The molecule has 2 rings (SSSR count). The molecule has 0 spiro atoms. The van der Waals surface area contributed by atoms with Gasteiger partial charge in [0, 0.05) is 10.6 Å². The lowest BCUT2D eigenvalue weighted by Crippen LogP contribution is -2.20. The molecule has 1 unspecified atom stereocenters. The van der Waals surface area contributed by atoms with Crippen molar-refractivity contribution >= 4 is 11.6 Å². The molecule has 1 nitrogen and oxygen atoms in total. The van der Waals surface area contributed by atoms with Gasteiger partial charge in [-0.3, -0.25) is 0 Å². The summed E-state index contributed by atoms with van der Waals surface area (Å²) in [6, 6.07) is 6.92. The number of nitrogens with one attached hydrogen (secondary N) is 1. The van der Waals surface area contributed by atoms with Crippen molar-refractivity contribution in [1.29, 1.82) is 0 Å². The average molecular weight is 286 g/mol. The van der Waals surface area contributed by atoms with Gasteiger partial charge >= 0.3 is 0 Å². The Bertz CT molecular complexity index is 599. The standard InChI is InChI=1S/C14H11ClF3N/c1-19-14(9-3-2-4-12(17)13(9)18)10-7-8(16)5-6-11(10)15/h2-7,14,19H,1H3. The molecule has 2 aromatic carbocycles. The van der Waals surface area contributed by atoms with E-state index in [0.29, 0.717) is 5.56 Å². The number of hydrogen-bond acceptors (Lipinski definition) is 1. The minimum atomic E-state index is -0.970. The normalized spacial score (nSPS) is 12.5. The Morgan fingerprint density at radius 3 is 2.47 bits per heavy atom. The van der Waals surface area contributed by atoms with Gasteiger partial charge in [0.2, 0.25) is 0 Å². The molecule has 0 amide bonds. The molecule has 0 heterocycles. The zero-order chi connectivity index (χ0) is 14.0. The van der Waals surface area contributed by atoms with E-state index in [1.165, 1.54) is 30.3 Å². The van der Waals surface area contributed by atoms with Crippen LogP contribution >= 0.6 is 11.6 Å². The molecule has 0 bridgehead atoms. The first-order valence-electron chi connectivity index (χ1n) is 5.60. The largest absolute Gasteiger partial charge is 0.309 e. The number of rotatable bonds is 3. The SMILES string of the molecule is CNC(c1cc(F)ccc1Cl)c1cccc(F)c1F. The van der Waals surface area contributed by atoms with Gasteiger partial charge in [-0.15, -0.1) is 0 Å². The Hall–Kier alpha value is -1.52. The highest BCUT2D eigenvalue weighted by Gasteiger charge is 2.21. The molecular weight excluding hydrogens is 275 g/mol. The molecule has 0 aromatic heterocycles. The van der Waals surface area contributed by atoms with Gasteiger partial charge in [-0.2, -0.15) is 0 Å². The smallest absolute Gasteiger partial charge is 0.163 e. The molecule has 0 aliphatic heterocycles. The van der Waals surface area contributed by atoms with Gasteiger partial charge in [0.25, 0.3) is 0 Å². The Morgan fingerprint density at radius 2 is 1.79 bits per heavy atom. The second-order valence-electron chi connectivity index (χ2n) is 4.03. The van der Waals surface area contributed by atoms with Crippen molar-refractivity contribution in [1.82, 2.24) is 5.32 Å². The van der Waals surface area contributed by atoms with Gasteiger partial charge in [-0.25, -0.2) is 13.2 Å². The molecule has 19 heavy (non-hydrogen) atoms. The molecule has 0 aliphatic carbocycles. The Balaban J connectivity index is 2.56. The molecular formula is C14H11ClF3N. The predicted molar refractivity (Wildman–Crippen MR) is 68.7 cm³/mol. The van der Waals surface area contributed by atoms with E-state index in [2.05, 4.69) is 5.32 Å². The maximum absolute atomic E-state index is 13.8. The molecule has 1 N–H and O–H groups in total. The molecule has 2 aromatic rings. The van der Waals surface area contributed by atoms with Crippen LogP contribution in [0.1, 0.15) is 17.2 Å². The van der Waals surface area contributed by atoms with Gasteiger partial charge < -0.3 is 5.32 Å². The fraction of sp³-hybridized carbons (Fsp3) is 0.143. The second-order valence-corrected chi connectivity index (χ2v) is 4.44. The topological polar surface area (TPSA) is 12.0 Å². The zero-order valence-corrected chi connectivity index (χ0v) is 10.8. The van der Waals surface area contributed by atoms with Gasteiger partial charge in [0.05, 0.1) is 6.04 Å². The lowest BCUT2D eigenvalue weighted by atomic mass is 9.98. The second kappa shape index (κ2) is 5.63. The number of halogens is 4. The van der Waals surface area contributed by atoms with Crippen molar-refractivity contribution in [3.05, 3.63) is 70.0 Å². The van der Waals surface area contributed by atoms with Gasteiger partial charge in [-0.05, 0) is 36.9 Å². The fourth-order valence-electron chi connectivity index (χ4n) is 1.96. The maximum atomic E-state index is 13.8. The van der Waals surface area contributed by atoms with Crippen LogP contribution in [-0.4, -0.2) is 7.05 Å². The first-order chi connectivity index (χ1) is 9.04. The minimum Gasteiger partial charge on any atom is -0.309 e. The average Bonchev–Trinajstić information content (AvgIpc) is 2.39. The quantitative estimate of drug-likeness (QED) is 0.896. The summed E-state index contributed by atoms with van der Waals surface area (Å²) < 4.78 is 40.4. The van der Waals surface area contributed by atoms with Crippen molar-refractivity contribution in [2.24, 2.45) is 0 Å². The predicted octanol–water partition coefficient (Wildman–Crippen LogP) is 4.07. The molecule has 0 fully saturated rings. The first-order valence-corrected chi connectivity index (χ1v) is 5.98. The van der Waals surface area contributed by atoms with Crippen molar-refractivity contribution in [2.45, 2.75) is 6.04 Å². The lowest BCUT2D eigenvalue weighted by molar-refractivity contribution is 0.487. The van der Waals surface area contributed by atoms with Crippen molar-refractivity contribution in [2.75, 3.05) is 7.05 Å². The van der Waals surface area contributed by atoms with E-state index in [1.54, 1.807) is 7.05 Å². The first kappa shape index (κ1) is 13.9. The van der Waals surface area contributed by atoms with Crippen molar-refractivity contribution < 1.29 is 13.2 Å². The summed E-state index contributed by atoms with van der Waals surface area (Å²) in [7, 11) is 1.57. The van der Waals surface area contributed by atoms with Crippen LogP contribution in [0.25, 0.3) is 0 Å². The highest BCUT2D eigenvalue weighted by molar-refractivity contribution is 6.31. The van der Waals surface area contributed by atoms with Crippen molar-refractivity contribution in [3.8, 4) is 0 Å². The summed E-state index contributed by atoms with van der Waals surface area (Å²) >= 11 is 5.99. The van der Waals surface area contributed by atoms with Crippen LogP contribution in [0.2, 0.25) is 5.02 Å². The van der Waals surface area contributed by atoms with Crippen molar-refractivity contribution in [3.63, 3.8) is 0 Å². The van der Waals surface area contributed by atoms with E-state index in [0.717, 1.165) is 6.07 Å². The van der Waals surface area contributed by atoms with E-state index in [1.807, 2.05) is 0 Å². The molecule has 0 aliphatic rings. The summed E-state index contributed by atoms with van der Waals surface area (Å²) in [6.07, 6.45) is 0. The molecule has 0 saturated carbocycles. The van der Waals surface area contributed by atoms with Crippen LogP contribution in [0.5, 0.6) is 0 Å². The minimum absolute atomic E-state index is 0.0787. The highest BCUT2D eigenvalue weighted by atomic mass is 35.5. The Morgan fingerprint density at radius 1 is 1.05 bits per heavy atom. The van der Waals surface area contributed by atoms with Crippen LogP contribution in [-0.2, 0) is 0 Å². The molecule has 5 heteroatoms. The van der Waals surface area contributed by atoms with Gasteiger partial charge in [0.15, 0.2) is 11.6 Å². The van der Waals surface area contributed by atoms with E-state index in [-0.39, 0.29) is 10.6 Å². The third kappa shape index (κ3) is 2.74. The van der Waals surface area contributed by atoms with Crippen LogP contribution < -0.4 is 5.32 Å². The summed E-state index contributed by atoms with van der Waals surface area (Å²) in [5, 5.41) is 3.09. The number of hydrogen-bond donors (Lipinski definition) is 1. The summed E-state index contributed by atoms with van der Waals surface area (Å²) in [5.41, 5.74) is 0.434. The Labute approximate surface area is 114 Å². The third-order valence-electron chi connectivity index (χ3n) is 2.85. The monoisotopic (exact) mass is 285 g/mol. The zero-order valence-electron chi connectivity index (χ0n) is 10.1. The third-order valence-corrected chi connectivity index (χ3v) is 3.19. The van der Waals surface area contributed by atoms with Crippen LogP contribution in [0.3, 0.4) is 0 Å². The highest BCUT2D eigenvalue weighted by Crippen LogP contribution is 2.30. The summed E-state index contributed by atoms with van der Waals surface area (Å²) in [4.78, 5) is 0. The maximum Gasteiger partial charge on any atom is 0.163 e. The molecule has 0 radical (unpaired) electrons. The van der Waals surface area contributed by atoms with Crippen LogP contribution in [0.4, 0.5) is 13.2 Å². The van der Waals surface area contributed by atoms with E-state index < -0.39 is 23.5 Å².